The highest BCUT2D eigenvalue weighted by atomic mass is 32.1. The standard InChI is InChI=1S/C18H22N2O2S/c1-13(11-15-5-8-17(22-4)9-6-15)20(3)18(21)10-7-16-12-23-14(2)19-16/h5-10,12-13H,11H2,1-4H3/b10-7+. The van der Waals surface area contributed by atoms with E-state index in [2.05, 4.69) is 4.98 Å². The summed E-state index contributed by atoms with van der Waals surface area (Å²) in [5, 5.41) is 2.94. The van der Waals surface area contributed by atoms with Crippen molar-refractivity contribution in [3.05, 3.63) is 52.0 Å². The minimum Gasteiger partial charge on any atom is -0.497 e. The van der Waals surface area contributed by atoms with Gasteiger partial charge in [0, 0.05) is 24.5 Å². The number of methoxy groups -OCH3 is 1. The molecule has 0 fully saturated rings. The Balaban J connectivity index is 1.93. The normalized spacial score (nSPS) is 12.3. The first-order valence-corrected chi connectivity index (χ1v) is 8.37. The van der Waals surface area contributed by atoms with E-state index in [9.17, 15) is 4.79 Å². The summed E-state index contributed by atoms with van der Waals surface area (Å²) in [6.45, 7) is 4.00. The number of benzene rings is 1. The van der Waals surface area contributed by atoms with Gasteiger partial charge in [0.25, 0.3) is 0 Å². The molecule has 122 valence electrons. The number of aryl methyl sites for hydroxylation is 1. The van der Waals surface area contributed by atoms with Crippen LogP contribution < -0.4 is 4.74 Å². The van der Waals surface area contributed by atoms with Gasteiger partial charge in [0.15, 0.2) is 0 Å². The van der Waals surface area contributed by atoms with Crippen LogP contribution >= 0.6 is 11.3 Å². The summed E-state index contributed by atoms with van der Waals surface area (Å²) in [6.07, 6.45) is 4.15. The molecule has 0 bridgehead atoms. The van der Waals surface area contributed by atoms with Gasteiger partial charge in [-0.05, 0) is 44.0 Å². The first kappa shape index (κ1) is 17.2. The topological polar surface area (TPSA) is 42.4 Å². The van der Waals surface area contributed by atoms with Crippen molar-refractivity contribution in [1.82, 2.24) is 9.88 Å². The Kier molecular flexibility index (Phi) is 5.93. The highest BCUT2D eigenvalue weighted by Gasteiger charge is 2.14. The molecule has 1 unspecified atom stereocenters. The molecular weight excluding hydrogens is 308 g/mol. The van der Waals surface area contributed by atoms with Gasteiger partial charge in [-0.3, -0.25) is 4.79 Å². The smallest absolute Gasteiger partial charge is 0.246 e. The molecule has 2 rings (SSSR count). The van der Waals surface area contributed by atoms with Crippen LogP contribution in [0.5, 0.6) is 5.75 Å². The molecule has 1 heterocycles. The van der Waals surface area contributed by atoms with E-state index in [0.29, 0.717) is 0 Å². The van der Waals surface area contributed by atoms with Crippen LogP contribution in [0.2, 0.25) is 0 Å². The summed E-state index contributed by atoms with van der Waals surface area (Å²) >= 11 is 1.58. The molecule has 0 radical (unpaired) electrons. The summed E-state index contributed by atoms with van der Waals surface area (Å²) in [5.41, 5.74) is 2.01. The van der Waals surface area contributed by atoms with E-state index in [1.807, 2.05) is 50.5 Å². The summed E-state index contributed by atoms with van der Waals surface area (Å²) in [4.78, 5) is 18.3. The number of aromatic nitrogens is 1. The molecule has 0 aliphatic heterocycles. The van der Waals surface area contributed by atoms with E-state index >= 15 is 0 Å². The minimum absolute atomic E-state index is 0.0170. The predicted octanol–water partition coefficient (Wildman–Crippen LogP) is 3.56. The number of carbonyl (C=O) groups is 1. The van der Waals surface area contributed by atoms with Crippen molar-refractivity contribution in [1.29, 1.82) is 0 Å². The summed E-state index contributed by atoms with van der Waals surface area (Å²) in [5.74, 6) is 0.823. The predicted molar refractivity (Wildman–Crippen MR) is 94.8 cm³/mol. The van der Waals surface area contributed by atoms with Gasteiger partial charge in [0.1, 0.15) is 5.75 Å². The lowest BCUT2D eigenvalue weighted by Crippen LogP contribution is -2.35. The van der Waals surface area contributed by atoms with E-state index in [-0.39, 0.29) is 11.9 Å². The first-order chi connectivity index (χ1) is 11.0. The molecule has 4 nitrogen and oxygen atoms in total. The Labute approximate surface area is 141 Å². The summed E-state index contributed by atoms with van der Waals surface area (Å²) in [7, 11) is 3.48. The number of amides is 1. The van der Waals surface area contributed by atoms with Crippen molar-refractivity contribution < 1.29 is 9.53 Å². The average Bonchev–Trinajstić information content (AvgIpc) is 2.98. The first-order valence-electron chi connectivity index (χ1n) is 7.49. The monoisotopic (exact) mass is 330 g/mol. The van der Waals surface area contributed by atoms with Crippen molar-refractivity contribution in [3.63, 3.8) is 0 Å². The van der Waals surface area contributed by atoms with Crippen molar-refractivity contribution in [2.75, 3.05) is 14.2 Å². The Bertz CT molecular complexity index is 677. The second kappa shape index (κ2) is 7.92. The maximum absolute atomic E-state index is 12.3. The summed E-state index contributed by atoms with van der Waals surface area (Å²) in [6, 6.07) is 8.05. The zero-order valence-electron chi connectivity index (χ0n) is 13.9. The van der Waals surface area contributed by atoms with Crippen molar-refractivity contribution in [2.24, 2.45) is 0 Å². The van der Waals surface area contributed by atoms with E-state index in [0.717, 1.165) is 22.9 Å². The number of thiazole rings is 1. The van der Waals surface area contributed by atoms with Crippen LogP contribution in [0.15, 0.2) is 35.7 Å². The zero-order chi connectivity index (χ0) is 16.8. The number of nitrogens with zero attached hydrogens (tertiary/aromatic N) is 2. The fraction of sp³-hybridized carbons (Fsp3) is 0.333. The number of hydrogen-bond donors (Lipinski definition) is 0. The highest BCUT2D eigenvalue weighted by molar-refractivity contribution is 7.09. The number of rotatable bonds is 6. The highest BCUT2D eigenvalue weighted by Crippen LogP contribution is 2.15. The van der Waals surface area contributed by atoms with Crippen molar-refractivity contribution in [2.45, 2.75) is 26.3 Å². The fourth-order valence-electron chi connectivity index (χ4n) is 2.19. The second-order valence-corrected chi connectivity index (χ2v) is 6.54. The lowest BCUT2D eigenvalue weighted by Gasteiger charge is -2.24. The largest absolute Gasteiger partial charge is 0.497 e. The number of likely N-dealkylation sites (N-methyl/N-ethyl adjacent to an activating group) is 1. The van der Waals surface area contributed by atoms with Gasteiger partial charge in [-0.1, -0.05) is 12.1 Å². The Morgan fingerprint density at radius 1 is 1.39 bits per heavy atom. The molecule has 0 saturated carbocycles. The molecule has 0 spiro atoms. The molecule has 1 aromatic heterocycles. The van der Waals surface area contributed by atoms with Crippen molar-refractivity contribution >= 4 is 23.3 Å². The number of carbonyl (C=O) groups excluding carboxylic acids is 1. The molecule has 2 aromatic rings. The Morgan fingerprint density at radius 2 is 2.09 bits per heavy atom. The third-order valence-electron chi connectivity index (χ3n) is 3.73. The molecule has 23 heavy (non-hydrogen) atoms. The van der Waals surface area contributed by atoms with Gasteiger partial charge in [-0.2, -0.15) is 0 Å². The van der Waals surface area contributed by atoms with E-state index in [4.69, 9.17) is 4.74 Å². The third kappa shape index (κ3) is 4.93. The molecule has 0 aliphatic carbocycles. The minimum atomic E-state index is -0.0170. The Morgan fingerprint density at radius 3 is 2.65 bits per heavy atom. The van der Waals surface area contributed by atoms with Crippen molar-refractivity contribution in [3.8, 4) is 5.75 Å². The zero-order valence-corrected chi connectivity index (χ0v) is 14.8. The number of ether oxygens (including phenoxy) is 1. The van der Waals surface area contributed by atoms with E-state index in [1.165, 1.54) is 5.56 Å². The van der Waals surface area contributed by atoms with Crippen LogP contribution in [-0.4, -0.2) is 36.0 Å². The quantitative estimate of drug-likeness (QED) is 0.761. The molecule has 0 saturated heterocycles. The van der Waals surface area contributed by atoms with Gasteiger partial charge >= 0.3 is 0 Å². The molecule has 0 N–H and O–H groups in total. The average molecular weight is 330 g/mol. The van der Waals surface area contributed by atoms with Gasteiger partial charge in [0.2, 0.25) is 5.91 Å². The van der Waals surface area contributed by atoms with Crippen LogP contribution in [0.1, 0.15) is 23.2 Å². The van der Waals surface area contributed by atoms with E-state index in [1.54, 1.807) is 35.5 Å². The van der Waals surface area contributed by atoms with Gasteiger partial charge in [0.05, 0.1) is 17.8 Å². The fourth-order valence-corrected chi connectivity index (χ4v) is 2.77. The maximum Gasteiger partial charge on any atom is 0.246 e. The third-order valence-corrected chi connectivity index (χ3v) is 4.52. The molecule has 5 heteroatoms. The molecular formula is C18H22N2O2S. The van der Waals surface area contributed by atoms with Gasteiger partial charge in [-0.15, -0.1) is 11.3 Å². The lowest BCUT2D eigenvalue weighted by atomic mass is 10.1. The van der Waals surface area contributed by atoms with E-state index < -0.39 is 0 Å². The van der Waals surface area contributed by atoms with Crippen LogP contribution in [0.3, 0.4) is 0 Å². The second-order valence-electron chi connectivity index (χ2n) is 5.48. The molecule has 1 amide bonds. The van der Waals surface area contributed by atoms with Crippen LogP contribution in [0.4, 0.5) is 0 Å². The van der Waals surface area contributed by atoms with Crippen LogP contribution in [0.25, 0.3) is 6.08 Å². The molecule has 1 atom stereocenters. The summed E-state index contributed by atoms with van der Waals surface area (Å²) < 4.78 is 5.16. The van der Waals surface area contributed by atoms with Gasteiger partial charge in [-0.25, -0.2) is 4.98 Å². The SMILES string of the molecule is COc1ccc(CC(C)N(C)C(=O)/C=C/c2csc(C)n2)cc1. The van der Waals surface area contributed by atoms with Gasteiger partial charge < -0.3 is 9.64 Å². The lowest BCUT2D eigenvalue weighted by molar-refractivity contribution is -0.126. The Hall–Kier alpha value is -2.14. The number of hydrogen-bond acceptors (Lipinski definition) is 4. The molecule has 0 aliphatic rings. The maximum atomic E-state index is 12.3. The van der Waals surface area contributed by atoms with Crippen LogP contribution in [0, 0.1) is 6.92 Å². The van der Waals surface area contributed by atoms with Crippen LogP contribution in [-0.2, 0) is 11.2 Å². The molecule has 1 aromatic carbocycles.